The van der Waals surface area contributed by atoms with Crippen LogP contribution in [0.15, 0.2) is 0 Å². The molecule has 2 aliphatic rings. The van der Waals surface area contributed by atoms with E-state index in [2.05, 4.69) is 0 Å². The van der Waals surface area contributed by atoms with Gasteiger partial charge in [-0.3, -0.25) is 4.79 Å². The molecule has 8 heteroatoms. The van der Waals surface area contributed by atoms with Crippen LogP contribution in [0.1, 0.15) is 19.8 Å². The van der Waals surface area contributed by atoms with Crippen molar-refractivity contribution >= 4 is 27.5 Å². The predicted molar refractivity (Wildman–Crippen MR) is 80.8 cm³/mol. The molecule has 2 heterocycles. The summed E-state index contributed by atoms with van der Waals surface area (Å²) in [6.07, 6.45) is 1.36. The third-order valence-corrected chi connectivity index (χ3v) is 6.58. The molecule has 6 nitrogen and oxygen atoms in total. The van der Waals surface area contributed by atoms with Crippen LogP contribution in [0.4, 0.5) is 0 Å². The van der Waals surface area contributed by atoms with Crippen molar-refractivity contribution in [2.24, 2.45) is 5.92 Å². The molecule has 0 aromatic carbocycles. The number of halogens is 1. The maximum atomic E-state index is 12.2. The molecule has 1 amide bonds. The van der Waals surface area contributed by atoms with E-state index in [9.17, 15) is 13.2 Å². The van der Waals surface area contributed by atoms with Crippen LogP contribution in [0.5, 0.6) is 0 Å². The van der Waals surface area contributed by atoms with Crippen molar-refractivity contribution < 1.29 is 17.9 Å². The first-order chi connectivity index (χ1) is 9.94. The number of hydrogen-bond acceptors (Lipinski definition) is 4. The van der Waals surface area contributed by atoms with Crippen LogP contribution in [0.3, 0.4) is 0 Å². The first-order valence-corrected chi connectivity index (χ1v) is 9.52. The Morgan fingerprint density at radius 1 is 1.33 bits per heavy atom. The number of hydrogen-bond donors (Lipinski definition) is 0. The van der Waals surface area contributed by atoms with E-state index in [1.807, 2.05) is 6.92 Å². The van der Waals surface area contributed by atoms with Crippen LogP contribution in [0, 0.1) is 5.92 Å². The van der Waals surface area contributed by atoms with Crippen LogP contribution in [-0.2, 0) is 19.6 Å². The molecule has 2 aliphatic heterocycles. The molecule has 2 fully saturated rings. The summed E-state index contributed by atoms with van der Waals surface area (Å²) in [5.74, 6) is 0.328. The van der Waals surface area contributed by atoms with Crippen LogP contribution in [-0.4, -0.2) is 74.1 Å². The van der Waals surface area contributed by atoms with Crippen molar-refractivity contribution in [3.63, 3.8) is 0 Å². The van der Waals surface area contributed by atoms with Gasteiger partial charge in [0.1, 0.15) is 6.10 Å². The largest absolute Gasteiger partial charge is 0.368 e. The Balaban J connectivity index is 1.86. The van der Waals surface area contributed by atoms with E-state index in [-0.39, 0.29) is 23.7 Å². The number of carbonyl (C=O) groups excluding carboxylic acids is 1. The molecule has 0 N–H and O–H groups in total. The van der Waals surface area contributed by atoms with Crippen molar-refractivity contribution in [3.8, 4) is 0 Å². The highest BCUT2D eigenvalue weighted by molar-refractivity contribution is 7.89. The minimum Gasteiger partial charge on any atom is -0.368 e. The van der Waals surface area contributed by atoms with E-state index in [0.717, 1.165) is 12.8 Å². The lowest BCUT2D eigenvalue weighted by Gasteiger charge is -2.35. The molecule has 2 rings (SSSR count). The van der Waals surface area contributed by atoms with Crippen molar-refractivity contribution in [3.05, 3.63) is 0 Å². The van der Waals surface area contributed by atoms with Crippen molar-refractivity contribution in [2.75, 3.05) is 44.4 Å². The van der Waals surface area contributed by atoms with E-state index < -0.39 is 10.0 Å². The third-order valence-electron chi connectivity index (χ3n) is 3.91. The Kier molecular flexibility index (Phi) is 5.88. The topological polar surface area (TPSA) is 66.9 Å². The van der Waals surface area contributed by atoms with Gasteiger partial charge in [0, 0.05) is 38.7 Å². The van der Waals surface area contributed by atoms with Gasteiger partial charge >= 0.3 is 0 Å². The van der Waals surface area contributed by atoms with Crippen LogP contribution in [0.25, 0.3) is 0 Å². The van der Waals surface area contributed by atoms with Gasteiger partial charge in [0.25, 0.3) is 5.91 Å². The second-order valence-electron chi connectivity index (χ2n) is 5.76. The molecule has 0 aromatic heterocycles. The summed E-state index contributed by atoms with van der Waals surface area (Å²) in [5.41, 5.74) is 0. The highest BCUT2D eigenvalue weighted by Gasteiger charge is 2.33. The molecule has 21 heavy (non-hydrogen) atoms. The lowest BCUT2D eigenvalue weighted by Crippen LogP contribution is -2.53. The molecular formula is C13H23ClN2O4S. The zero-order valence-electron chi connectivity index (χ0n) is 12.3. The summed E-state index contributed by atoms with van der Waals surface area (Å²) in [4.78, 5) is 13.9. The molecule has 0 aromatic rings. The lowest BCUT2D eigenvalue weighted by molar-refractivity contribution is -0.142. The van der Waals surface area contributed by atoms with Crippen molar-refractivity contribution in [1.29, 1.82) is 0 Å². The van der Waals surface area contributed by atoms with E-state index in [1.165, 1.54) is 4.31 Å². The minimum absolute atomic E-state index is 0.00123. The van der Waals surface area contributed by atoms with Gasteiger partial charge in [0.05, 0.1) is 5.75 Å². The molecule has 0 bridgehead atoms. The number of amides is 1. The molecule has 2 unspecified atom stereocenters. The number of carbonyl (C=O) groups is 1. The summed E-state index contributed by atoms with van der Waals surface area (Å²) in [7, 11) is -3.28. The number of nitrogens with zero attached hydrogens (tertiary/aromatic N) is 2. The maximum Gasteiger partial charge on any atom is 0.251 e. The molecule has 0 spiro atoms. The van der Waals surface area contributed by atoms with E-state index in [1.54, 1.807) is 4.90 Å². The third kappa shape index (κ3) is 4.31. The summed E-state index contributed by atoms with van der Waals surface area (Å²) < 4.78 is 31.3. The predicted octanol–water partition coefficient (Wildman–Crippen LogP) is 0.514. The monoisotopic (exact) mass is 338 g/mol. The Morgan fingerprint density at radius 2 is 2.00 bits per heavy atom. The fourth-order valence-corrected chi connectivity index (χ4v) is 4.68. The van der Waals surface area contributed by atoms with E-state index >= 15 is 0 Å². The van der Waals surface area contributed by atoms with E-state index in [4.69, 9.17) is 16.3 Å². The van der Waals surface area contributed by atoms with E-state index in [0.29, 0.717) is 38.7 Å². The number of sulfonamides is 1. The number of ether oxygens (including phenoxy) is 1. The van der Waals surface area contributed by atoms with Gasteiger partial charge < -0.3 is 9.64 Å². The molecule has 0 saturated carbocycles. The minimum atomic E-state index is -3.28. The lowest BCUT2D eigenvalue weighted by atomic mass is 10.2. The first-order valence-electron chi connectivity index (χ1n) is 7.38. The fraction of sp³-hybridized carbons (Fsp3) is 0.923. The smallest absolute Gasteiger partial charge is 0.251 e. The molecular weight excluding hydrogens is 316 g/mol. The van der Waals surface area contributed by atoms with Gasteiger partial charge in [-0.15, -0.1) is 11.6 Å². The quantitative estimate of drug-likeness (QED) is 0.685. The summed E-state index contributed by atoms with van der Waals surface area (Å²) in [5, 5.41) is 0. The van der Waals surface area contributed by atoms with Gasteiger partial charge in [0.2, 0.25) is 10.0 Å². The van der Waals surface area contributed by atoms with Crippen LogP contribution < -0.4 is 0 Å². The Hall–Kier alpha value is -0.370. The van der Waals surface area contributed by atoms with Gasteiger partial charge in [-0.1, -0.05) is 6.92 Å². The first kappa shape index (κ1) is 17.0. The number of alkyl halides is 1. The van der Waals surface area contributed by atoms with Gasteiger partial charge in [-0.05, 0) is 18.8 Å². The van der Waals surface area contributed by atoms with Crippen molar-refractivity contribution in [2.45, 2.75) is 25.9 Å². The van der Waals surface area contributed by atoms with Gasteiger partial charge in [-0.2, -0.15) is 4.31 Å². The van der Waals surface area contributed by atoms with Crippen molar-refractivity contribution in [1.82, 2.24) is 9.21 Å². The Morgan fingerprint density at radius 3 is 2.52 bits per heavy atom. The zero-order valence-corrected chi connectivity index (χ0v) is 13.9. The summed E-state index contributed by atoms with van der Waals surface area (Å²) in [6, 6.07) is 0. The maximum absolute atomic E-state index is 12.2. The normalized spacial score (nSPS) is 26.0. The average molecular weight is 339 g/mol. The molecule has 122 valence electrons. The summed E-state index contributed by atoms with van der Waals surface area (Å²) >= 11 is 5.68. The highest BCUT2D eigenvalue weighted by atomic mass is 35.5. The zero-order chi connectivity index (χ0) is 15.5. The van der Waals surface area contributed by atoms with Crippen LogP contribution in [0.2, 0.25) is 0 Å². The van der Waals surface area contributed by atoms with Gasteiger partial charge in [-0.25, -0.2) is 8.42 Å². The molecule has 0 radical (unpaired) electrons. The fourth-order valence-electron chi connectivity index (χ4n) is 2.67. The molecule has 2 saturated heterocycles. The summed E-state index contributed by atoms with van der Waals surface area (Å²) in [6.45, 7) is 4.05. The van der Waals surface area contributed by atoms with Crippen LogP contribution >= 0.6 is 11.6 Å². The highest BCUT2D eigenvalue weighted by Crippen LogP contribution is 2.17. The Labute approximate surface area is 131 Å². The number of rotatable bonds is 5. The second-order valence-corrected chi connectivity index (χ2v) is 8.09. The molecule has 2 atom stereocenters. The standard InChI is InChI=1S/C13H23ClN2O4S/c1-11(9-14)10-21(18,19)16-6-4-15(5-7-16)13(17)12-3-2-8-20-12/h11-12H,2-10H2,1H3. The number of piperazine rings is 1. The SMILES string of the molecule is CC(CCl)CS(=O)(=O)N1CCN(C(=O)C2CCCO2)CC1. The average Bonchev–Trinajstić information content (AvgIpc) is 3.00. The Bertz CT molecular complexity index is 457. The second kappa shape index (κ2) is 7.26. The molecule has 0 aliphatic carbocycles. The van der Waals surface area contributed by atoms with Gasteiger partial charge in [0.15, 0.2) is 0 Å².